The Bertz CT molecular complexity index is 1550. The molecule has 5 atom stereocenters. The van der Waals surface area contributed by atoms with E-state index in [2.05, 4.69) is 11.9 Å². The van der Waals surface area contributed by atoms with Gasteiger partial charge in [0.2, 0.25) is 0 Å². The van der Waals surface area contributed by atoms with Gasteiger partial charge in [0.05, 0.1) is 61.9 Å². The third-order valence-electron chi connectivity index (χ3n) is 9.73. The van der Waals surface area contributed by atoms with Gasteiger partial charge in [0.15, 0.2) is 17.6 Å². The third kappa shape index (κ3) is 5.79. The molecule has 10 heteroatoms. The molecular formula is C34H44N3O7+. The van der Waals surface area contributed by atoms with Crippen molar-refractivity contribution in [3.05, 3.63) is 63.8 Å². The summed E-state index contributed by atoms with van der Waals surface area (Å²) in [6, 6.07) is 10.7. The van der Waals surface area contributed by atoms with E-state index in [1.54, 1.807) is 19.4 Å². The number of aromatic nitrogens is 1. The van der Waals surface area contributed by atoms with Crippen LogP contribution in [0.15, 0.2) is 42.6 Å². The minimum Gasteiger partial charge on any atom is -0.497 e. The second-order valence-corrected chi connectivity index (χ2v) is 13.3. The van der Waals surface area contributed by atoms with Gasteiger partial charge in [-0.2, -0.15) is 0 Å². The van der Waals surface area contributed by atoms with E-state index < -0.39 is 11.5 Å². The zero-order valence-electron chi connectivity index (χ0n) is 26.8. The molecule has 3 aliphatic rings. The van der Waals surface area contributed by atoms with Gasteiger partial charge in [0.1, 0.15) is 18.3 Å². The molecule has 44 heavy (non-hydrogen) atoms. The topological polar surface area (TPSA) is 110 Å². The fourth-order valence-corrected chi connectivity index (χ4v) is 7.35. The predicted molar refractivity (Wildman–Crippen MR) is 167 cm³/mol. The maximum Gasteiger partial charge on any atom is 0.312 e. The SMILES string of the molecule is CCC1C[N+]2(Cc3cc(OC)c(OC)cc3[N+](=O)[O-])CCC1CC2[C@@H](OC(=O)C(C)(C)C)c1ccnc2ccc(OC)cc12. The monoisotopic (exact) mass is 606 g/mol. The second-order valence-electron chi connectivity index (χ2n) is 13.3. The number of carbonyl (C=O) groups is 1. The molecule has 4 heterocycles. The third-order valence-corrected chi connectivity index (χ3v) is 9.73. The van der Waals surface area contributed by atoms with Gasteiger partial charge in [-0.15, -0.1) is 0 Å². The molecule has 0 amide bonds. The van der Waals surface area contributed by atoms with Gasteiger partial charge < -0.3 is 23.4 Å². The molecule has 0 spiro atoms. The molecule has 10 nitrogen and oxygen atoms in total. The molecule has 2 aromatic carbocycles. The minimum atomic E-state index is -0.722. The number of hydrogen-bond acceptors (Lipinski definition) is 8. The maximum atomic E-state index is 13.6. The molecular weight excluding hydrogens is 562 g/mol. The maximum absolute atomic E-state index is 13.6. The van der Waals surface area contributed by atoms with Crippen LogP contribution in [-0.2, 0) is 16.1 Å². The number of nitrogens with zero attached hydrogens (tertiary/aromatic N) is 3. The molecule has 1 aromatic heterocycles. The number of benzene rings is 2. The van der Waals surface area contributed by atoms with Crippen LogP contribution in [0, 0.1) is 27.4 Å². The van der Waals surface area contributed by atoms with Crippen molar-refractivity contribution in [2.75, 3.05) is 34.4 Å². The van der Waals surface area contributed by atoms with Crippen molar-refractivity contribution in [1.29, 1.82) is 0 Å². The number of hydrogen-bond donors (Lipinski definition) is 0. The molecule has 0 saturated carbocycles. The molecule has 0 aliphatic carbocycles. The molecule has 0 radical (unpaired) electrons. The van der Waals surface area contributed by atoms with Crippen LogP contribution in [0.5, 0.6) is 17.2 Å². The van der Waals surface area contributed by atoms with Gasteiger partial charge in [-0.05, 0) is 63.4 Å². The second kappa shape index (κ2) is 12.2. The Morgan fingerprint density at radius 1 is 1.09 bits per heavy atom. The lowest BCUT2D eigenvalue weighted by molar-refractivity contribution is -0.985. The molecule has 4 unspecified atom stereocenters. The highest BCUT2D eigenvalue weighted by molar-refractivity contribution is 5.84. The van der Waals surface area contributed by atoms with Crippen molar-refractivity contribution in [1.82, 2.24) is 4.98 Å². The zero-order chi connectivity index (χ0) is 31.8. The number of pyridine rings is 1. The van der Waals surface area contributed by atoms with Crippen molar-refractivity contribution >= 4 is 22.6 Å². The first-order valence-electron chi connectivity index (χ1n) is 15.3. The van der Waals surface area contributed by atoms with Crippen LogP contribution in [0.2, 0.25) is 0 Å². The Morgan fingerprint density at radius 2 is 1.82 bits per heavy atom. The molecule has 236 valence electrons. The Morgan fingerprint density at radius 3 is 2.45 bits per heavy atom. The number of fused-ring (bicyclic) bond motifs is 4. The van der Waals surface area contributed by atoms with Gasteiger partial charge in [-0.3, -0.25) is 19.9 Å². The lowest BCUT2D eigenvalue weighted by atomic mass is 9.70. The normalized spacial score (nSPS) is 23.7. The summed E-state index contributed by atoms with van der Waals surface area (Å²) in [7, 11) is 4.64. The highest BCUT2D eigenvalue weighted by Crippen LogP contribution is 2.51. The quantitative estimate of drug-likeness (QED) is 0.109. The fourth-order valence-electron chi connectivity index (χ4n) is 7.35. The summed E-state index contributed by atoms with van der Waals surface area (Å²) in [4.78, 5) is 30.3. The summed E-state index contributed by atoms with van der Waals surface area (Å²) in [5, 5.41) is 13.2. The van der Waals surface area contributed by atoms with Gasteiger partial charge >= 0.3 is 5.97 Å². The Hall–Kier alpha value is -3.92. The summed E-state index contributed by atoms with van der Waals surface area (Å²) in [6.45, 7) is 9.87. The summed E-state index contributed by atoms with van der Waals surface area (Å²) in [6.07, 6.45) is 4.04. The average molecular weight is 607 g/mol. The minimum absolute atomic E-state index is 0.00280. The number of quaternary nitrogens is 1. The molecule has 3 aliphatic heterocycles. The van der Waals surface area contributed by atoms with Crippen LogP contribution in [0.1, 0.15) is 64.2 Å². The Kier molecular flexibility index (Phi) is 8.75. The first-order valence-corrected chi connectivity index (χ1v) is 15.3. The van der Waals surface area contributed by atoms with Crippen molar-refractivity contribution < 1.29 is 33.1 Å². The highest BCUT2D eigenvalue weighted by Gasteiger charge is 2.56. The first-order chi connectivity index (χ1) is 20.9. The van der Waals surface area contributed by atoms with E-state index in [1.807, 2.05) is 45.0 Å². The van der Waals surface area contributed by atoms with Gasteiger partial charge in [-0.1, -0.05) is 6.92 Å². The van der Waals surface area contributed by atoms with E-state index in [1.165, 1.54) is 20.3 Å². The number of esters is 1. The largest absolute Gasteiger partial charge is 0.497 e. The van der Waals surface area contributed by atoms with Crippen molar-refractivity contribution in [2.45, 2.75) is 65.6 Å². The molecule has 0 N–H and O–H groups in total. The lowest BCUT2D eigenvalue weighted by Gasteiger charge is -2.58. The van der Waals surface area contributed by atoms with E-state index >= 15 is 0 Å². The highest BCUT2D eigenvalue weighted by atomic mass is 16.6. The number of carbonyl (C=O) groups excluding carboxylic acids is 1. The van der Waals surface area contributed by atoms with E-state index in [0.29, 0.717) is 45.7 Å². The lowest BCUT2D eigenvalue weighted by Crippen LogP contribution is -2.68. The van der Waals surface area contributed by atoms with Crippen molar-refractivity contribution in [2.24, 2.45) is 17.3 Å². The summed E-state index contributed by atoms with van der Waals surface area (Å²) in [5.41, 5.74) is 1.51. The Balaban J connectivity index is 1.70. The predicted octanol–water partition coefficient (Wildman–Crippen LogP) is 6.63. The summed E-state index contributed by atoms with van der Waals surface area (Å²) in [5.74, 6) is 2.10. The van der Waals surface area contributed by atoms with Crippen LogP contribution in [0.25, 0.3) is 10.9 Å². The van der Waals surface area contributed by atoms with Gasteiger partial charge in [0, 0.05) is 35.9 Å². The molecule has 3 fully saturated rings. The molecule has 2 bridgehead atoms. The average Bonchev–Trinajstić information content (AvgIpc) is 3.02. The first kappa shape index (κ1) is 31.5. The van der Waals surface area contributed by atoms with E-state index in [4.69, 9.17) is 18.9 Å². The number of nitro benzene ring substituents is 1. The Labute approximate surface area is 259 Å². The number of nitro groups is 1. The zero-order valence-corrected chi connectivity index (χ0v) is 26.8. The molecule has 3 aromatic rings. The number of methoxy groups -OCH3 is 3. The number of piperidine rings is 3. The van der Waals surface area contributed by atoms with Crippen LogP contribution in [0.4, 0.5) is 5.69 Å². The summed E-state index contributed by atoms with van der Waals surface area (Å²) < 4.78 is 23.7. The number of rotatable bonds is 10. The van der Waals surface area contributed by atoms with Crippen LogP contribution >= 0.6 is 0 Å². The molecule has 6 rings (SSSR count). The van der Waals surface area contributed by atoms with E-state index in [-0.39, 0.29) is 22.6 Å². The standard InChI is InChI=1S/C34H44N3O7/c1-8-21-19-37(20-23-16-30(42-6)31(43-7)18-28(23)36(39)40)14-12-22(21)15-29(37)32(44-33(38)34(2,3)4)25-11-13-35-27-10-9-24(41-5)17-26(25)27/h9-11,13,16-18,21-22,29,32H,8,12,14-15,19-20H2,1-7H3/q+1/t21?,22?,29?,32-,37?/m0/s1. The smallest absolute Gasteiger partial charge is 0.312 e. The van der Waals surface area contributed by atoms with Crippen molar-refractivity contribution in [3.8, 4) is 17.2 Å². The fraction of sp³-hybridized carbons (Fsp3) is 0.529. The van der Waals surface area contributed by atoms with E-state index in [0.717, 1.165) is 48.8 Å². The van der Waals surface area contributed by atoms with E-state index in [9.17, 15) is 14.9 Å². The number of ether oxygens (including phenoxy) is 4. The van der Waals surface area contributed by atoms with Crippen molar-refractivity contribution in [3.63, 3.8) is 0 Å². The van der Waals surface area contributed by atoms with Crippen LogP contribution in [-0.4, -0.2) is 60.8 Å². The van der Waals surface area contributed by atoms with Gasteiger partial charge in [0.25, 0.3) is 5.69 Å². The van der Waals surface area contributed by atoms with Gasteiger partial charge in [-0.25, -0.2) is 0 Å². The molecule has 3 saturated heterocycles. The van der Waals surface area contributed by atoms with Crippen LogP contribution in [0.3, 0.4) is 0 Å². The van der Waals surface area contributed by atoms with Crippen LogP contribution < -0.4 is 14.2 Å². The summed E-state index contributed by atoms with van der Waals surface area (Å²) >= 11 is 0.